The standard InChI is InChI=1S/C14H28N2O2S/c1-19(17,18)12-9-15-8-11-16-10-4-7-14(16)13-5-2-3-6-13/h13-15H,2-12H2,1H3. The largest absolute Gasteiger partial charge is 0.314 e. The van der Waals surface area contributed by atoms with Gasteiger partial charge in [-0.1, -0.05) is 12.8 Å². The van der Waals surface area contributed by atoms with Gasteiger partial charge in [0.25, 0.3) is 0 Å². The summed E-state index contributed by atoms with van der Waals surface area (Å²) < 4.78 is 22.1. The van der Waals surface area contributed by atoms with Gasteiger partial charge >= 0.3 is 0 Å². The maximum absolute atomic E-state index is 11.0. The molecule has 0 aromatic rings. The van der Waals surface area contributed by atoms with Crippen LogP contribution in [0.25, 0.3) is 0 Å². The number of sulfone groups is 1. The van der Waals surface area contributed by atoms with Crippen molar-refractivity contribution in [1.82, 2.24) is 10.2 Å². The lowest BCUT2D eigenvalue weighted by Crippen LogP contribution is -2.39. The summed E-state index contributed by atoms with van der Waals surface area (Å²) in [6.07, 6.45) is 9.68. The van der Waals surface area contributed by atoms with Gasteiger partial charge in [-0.15, -0.1) is 0 Å². The molecule has 5 heteroatoms. The Kier molecular flexibility index (Phi) is 5.66. The second kappa shape index (κ2) is 7.04. The van der Waals surface area contributed by atoms with Crippen LogP contribution in [-0.2, 0) is 9.84 Å². The van der Waals surface area contributed by atoms with Crippen LogP contribution in [0.5, 0.6) is 0 Å². The maximum Gasteiger partial charge on any atom is 0.148 e. The van der Waals surface area contributed by atoms with Crippen molar-refractivity contribution in [1.29, 1.82) is 0 Å². The van der Waals surface area contributed by atoms with Gasteiger partial charge in [0.2, 0.25) is 0 Å². The van der Waals surface area contributed by atoms with Crippen LogP contribution in [0.2, 0.25) is 0 Å². The zero-order valence-corrected chi connectivity index (χ0v) is 12.9. The Hall–Kier alpha value is -0.130. The Labute approximate surface area is 117 Å². The van der Waals surface area contributed by atoms with Gasteiger partial charge in [0, 0.05) is 31.9 Å². The van der Waals surface area contributed by atoms with E-state index in [9.17, 15) is 8.42 Å². The van der Waals surface area contributed by atoms with Crippen LogP contribution < -0.4 is 5.32 Å². The van der Waals surface area contributed by atoms with E-state index >= 15 is 0 Å². The van der Waals surface area contributed by atoms with Gasteiger partial charge < -0.3 is 5.32 Å². The van der Waals surface area contributed by atoms with Crippen LogP contribution >= 0.6 is 0 Å². The highest BCUT2D eigenvalue weighted by Gasteiger charge is 2.32. The van der Waals surface area contributed by atoms with E-state index in [2.05, 4.69) is 10.2 Å². The summed E-state index contributed by atoms with van der Waals surface area (Å²) in [6, 6.07) is 0.805. The first-order valence-electron chi connectivity index (χ1n) is 7.69. The Morgan fingerprint density at radius 2 is 1.84 bits per heavy atom. The van der Waals surface area contributed by atoms with E-state index in [-0.39, 0.29) is 5.75 Å². The molecule has 2 aliphatic rings. The molecule has 1 aliphatic carbocycles. The van der Waals surface area contributed by atoms with E-state index in [4.69, 9.17) is 0 Å². The number of likely N-dealkylation sites (tertiary alicyclic amines) is 1. The molecule has 0 bridgehead atoms. The minimum absolute atomic E-state index is 0.249. The lowest BCUT2D eigenvalue weighted by atomic mass is 9.96. The summed E-state index contributed by atoms with van der Waals surface area (Å²) in [5.74, 6) is 1.18. The minimum atomic E-state index is -2.82. The third-order valence-corrected chi connectivity index (χ3v) is 5.53. The molecular weight excluding hydrogens is 260 g/mol. The molecule has 19 heavy (non-hydrogen) atoms. The van der Waals surface area contributed by atoms with Gasteiger partial charge in [-0.2, -0.15) is 0 Å². The van der Waals surface area contributed by atoms with Gasteiger partial charge in [-0.05, 0) is 38.1 Å². The molecule has 2 rings (SSSR count). The fourth-order valence-electron chi connectivity index (χ4n) is 3.61. The molecule has 0 amide bonds. The van der Waals surface area contributed by atoms with Crippen molar-refractivity contribution < 1.29 is 8.42 Å². The molecule has 1 heterocycles. The lowest BCUT2D eigenvalue weighted by molar-refractivity contribution is 0.191. The molecule has 0 aromatic heterocycles. The van der Waals surface area contributed by atoms with Crippen LogP contribution in [0.1, 0.15) is 38.5 Å². The molecule has 2 fully saturated rings. The Balaban J connectivity index is 1.64. The first-order valence-corrected chi connectivity index (χ1v) is 9.75. The van der Waals surface area contributed by atoms with E-state index < -0.39 is 9.84 Å². The van der Waals surface area contributed by atoms with E-state index in [1.54, 1.807) is 0 Å². The highest BCUT2D eigenvalue weighted by atomic mass is 32.2. The molecule has 1 unspecified atom stereocenters. The van der Waals surface area contributed by atoms with Crippen molar-refractivity contribution >= 4 is 9.84 Å². The monoisotopic (exact) mass is 288 g/mol. The van der Waals surface area contributed by atoms with Crippen molar-refractivity contribution in [2.24, 2.45) is 5.92 Å². The van der Waals surface area contributed by atoms with Gasteiger partial charge in [0.05, 0.1) is 5.75 Å². The van der Waals surface area contributed by atoms with Gasteiger partial charge in [0.15, 0.2) is 0 Å². The summed E-state index contributed by atoms with van der Waals surface area (Å²) >= 11 is 0. The van der Waals surface area contributed by atoms with E-state index in [1.165, 1.54) is 51.3 Å². The first-order chi connectivity index (χ1) is 9.06. The molecule has 112 valence electrons. The van der Waals surface area contributed by atoms with E-state index in [0.29, 0.717) is 6.54 Å². The van der Waals surface area contributed by atoms with Crippen molar-refractivity contribution in [3.63, 3.8) is 0 Å². The third kappa shape index (κ3) is 5.04. The summed E-state index contributed by atoms with van der Waals surface area (Å²) in [6.45, 7) is 3.80. The topological polar surface area (TPSA) is 49.4 Å². The third-order valence-electron chi connectivity index (χ3n) is 4.58. The summed E-state index contributed by atoms with van der Waals surface area (Å²) in [4.78, 5) is 2.63. The van der Waals surface area contributed by atoms with Crippen LogP contribution in [0, 0.1) is 5.92 Å². The second-order valence-corrected chi connectivity index (χ2v) is 8.43. The molecule has 1 saturated carbocycles. The molecule has 1 N–H and O–H groups in total. The lowest BCUT2D eigenvalue weighted by Gasteiger charge is -2.29. The van der Waals surface area contributed by atoms with Gasteiger partial charge in [0.1, 0.15) is 9.84 Å². The summed E-state index contributed by atoms with van der Waals surface area (Å²) in [7, 11) is -2.82. The Morgan fingerprint density at radius 3 is 2.53 bits per heavy atom. The molecule has 1 atom stereocenters. The fraction of sp³-hybridized carbons (Fsp3) is 1.00. The number of nitrogens with one attached hydrogen (secondary N) is 1. The molecular formula is C14H28N2O2S. The molecule has 0 radical (unpaired) electrons. The van der Waals surface area contributed by atoms with Crippen molar-refractivity contribution in [2.45, 2.75) is 44.6 Å². The fourth-order valence-corrected chi connectivity index (χ4v) is 4.13. The second-order valence-electron chi connectivity index (χ2n) is 6.17. The minimum Gasteiger partial charge on any atom is -0.314 e. The van der Waals surface area contributed by atoms with Crippen LogP contribution in [0.15, 0.2) is 0 Å². The molecule has 1 saturated heterocycles. The number of rotatable bonds is 7. The van der Waals surface area contributed by atoms with Crippen molar-refractivity contribution in [3.8, 4) is 0 Å². The van der Waals surface area contributed by atoms with Crippen LogP contribution in [0.4, 0.5) is 0 Å². The predicted octanol–water partition coefficient (Wildman–Crippen LogP) is 1.28. The summed E-state index contributed by atoms with van der Waals surface area (Å²) in [5, 5.41) is 3.26. The van der Waals surface area contributed by atoms with E-state index in [1.807, 2.05) is 0 Å². The number of hydrogen-bond donors (Lipinski definition) is 1. The van der Waals surface area contributed by atoms with Crippen LogP contribution in [-0.4, -0.2) is 57.5 Å². The predicted molar refractivity (Wildman–Crippen MR) is 79.1 cm³/mol. The molecule has 4 nitrogen and oxygen atoms in total. The highest BCUT2D eigenvalue weighted by molar-refractivity contribution is 7.90. The van der Waals surface area contributed by atoms with Gasteiger partial charge in [-0.25, -0.2) is 8.42 Å². The molecule has 0 spiro atoms. The normalized spacial score (nSPS) is 26.3. The zero-order chi connectivity index (χ0) is 13.7. The van der Waals surface area contributed by atoms with Crippen molar-refractivity contribution in [2.75, 3.05) is 38.2 Å². The first kappa shape index (κ1) is 15.3. The summed E-state index contributed by atoms with van der Waals surface area (Å²) in [5.41, 5.74) is 0. The van der Waals surface area contributed by atoms with E-state index in [0.717, 1.165) is 25.0 Å². The highest BCUT2D eigenvalue weighted by Crippen LogP contribution is 2.34. The molecule has 1 aliphatic heterocycles. The molecule has 0 aromatic carbocycles. The SMILES string of the molecule is CS(=O)(=O)CCNCCN1CCCC1C1CCCC1. The smallest absolute Gasteiger partial charge is 0.148 e. The van der Waals surface area contributed by atoms with Gasteiger partial charge in [-0.3, -0.25) is 4.90 Å². The quantitative estimate of drug-likeness (QED) is 0.717. The number of hydrogen-bond acceptors (Lipinski definition) is 4. The Bertz CT molecular complexity index is 364. The van der Waals surface area contributed by atoms with Crippen molar-refractivity contribution in [3.05, 3.63) is 0 Å². The van der Waals surface area contributed by atoms with Crippen LogP contribution in [0.3, 0.4) is 0 Å². The average molecular weight is 288 g/mol. The zero-order valence-electron chi connectivity index (χ0n) is 12.1. The maximum atomic E-state index is 11.0. The average Bonchev–Trinajstić information content (AvgIpc) is 2.96. The number of nitrogens with zero attached hydrogens (tertiary/aromatic N) is 1. The Morgan fingerprint density at radius 1 is 1.11 bits per heavy atom.